The number of carbonyl (C=O) groups excluding carboxylic acids is 1. The van der Waals surface area contributed by atoms with Crippen LogP contribution >= 0.6 is 12.4 Å². The minimum atomic E-state index is -4.54. The van der Waals surface area contributed by atoms with Gasteiger partial charge in [-0.05, 0) is 62.3 Å². The van der Waals surface area contributed by atoms with E-state index in [9.17, 15) is 18.0 Å². The number of hydrogen-bond donors (Lipinski definition) is 2. The maximum Gasteiger partial charge on any atom is 0.417 e. The molecular formula is C21H26ClF3N4O. The van der Waals surface area contributed by atoms with Crippen LogP contribution in [0.4, 0.5) is 18.9 Å². The van der Waals surface area contributed by atoms with Crippen molar-refractivity contribution in [1.82, 2.24) is 10.6 Å². The summed E-state index contributed by atoms with van der Waals surface area (Å²) < 4.78 is 39.7. The smallest absolute Gasteiger partial charge is 0.372 e. The van der Waals surface area contributed by atoms with Crippen LogP contribution in [-0.4, -0.2) is 38.1 Å². The topological polar surface area (TPSA) is 68.2 Å². The average molecular weight is 443 g/mol. The third-order valence-corrected chi connectivity index (χ3v) is 6.46. The average Bonchev–Trinajstić information content (AvgIpc) is 3.38. The van der Waals surface area contributed by atoms with Crippen LogP contribution in [0.15, 0.2) is 18.2 Å². The molecule has 9 heteroatoms. The van der Waals surface area contributed by atoms with E-state index < -0.39 is 11.7 Å². The van der Waals surface area contributed by atoms with Crippen LogP contribution in [0.5, 0.6) is 0 Å². The summed E-state index contributed by atoms with van der Waals surface area (Å²) in [6.07, 6.45) is -0.711. The number of alkyl halides is 3. The third-order valence-electron chi connectivity index (χ3n) is 6.46. The van der Waals surface area contributed by atoms with Gasteiger partial charge in [0.2, 0.25) is 5.91 Å². The van der Waals surface area contributed by atoms with Crippen LogP contribution in [0.3, 0.4) is 0 Å². The van der Waals surface area contributed by atoms with Crippen molar-refractivity contribution >= 4 is 24.0 Å². The van der Waals surface area contributed by atoms with E-state index in [2.05, 4.69) is 10.6 Å². The highest BCUT2D eigenvalue weighted by atomic mass is 35.5. The van der Waals surface area contributed by atoms with Gasteiger partial charge in [-0.15, -0.1) is 12.4 Å². The van der Waals surface area contributed by atoms with Crippen molar-refractivity contribution in [3.63, 3.8) is 0 Å². The van der Waals surface area contributed by atoms with Crippen LogP contribution in [0.1, 0.15) is 36.8 Å². The van der Waals surface area contributed by atoms with Gasteiger partial charge in [-0.2, -0.15) is 18.4 Å². The fraction of sp³-hybridized carbons (Fsp3) is 0.619. The lowest BCUT2D eigenvalue weighted by molar-refractivity contribution is -0.137. The normalized spacial score (nSPS) is 24.8. The van der Waals surface area contributed by atoms with Gasteiger partial charge in [0.15, 0.2) is 0 Å². The molecular weight excluding hydrogens is 417 g/mol. The Labute approximate surface area is 180 Å². The van der Waals surface area contributed by atoms with Crippen molar-refractivity contribution in [1.29, 1.82) is 5.26 Å². The molecule has 0 radical (unpaired) electrons. The van der Waals surface area contributed by atoms with Crippen LogP contribution < -0.4 is 15.5 Å². The van der Waals surface area contributed by atoms with Crippen LogP contribution in [0.2, 0.25) is 0 Å². The van der Waals surface area contributed by atoms with Gasteiger partial charge >= 0.3 is 6.18 Å². The van der Waals surface area contributed by atoms with Gasteiger partial charge in [0.1, 0.15) is 0 Å². The van der Waals surface area contributed by atoms with Gasteiger partial charge in [0.25, 0.3) is 0 Å². The second-order valence-electron chi connectivity index (χ2n) is 8.38. The van der Waals surface area contributed by atoms with E-state index in [4.69, 9.17) is 5.26 Å². The second kappa shape index (κ2) is 9.03. The number of halogens is 4. The molecule has 1 aromatic carbocycles. The Bertz CT molecular complexity index is 813. The summed E-state index contributed by atoms with van der Waals surface area (Å²) in [5, 5.41) is 15.4. The molecule has 3 aliphatic rings. The molecule has 2 unspecified atom stereocenters. The van der Waals surface area contributed by atoms with Crippen molar-refractivity contribution in [2.24, 2.45) is 17.8 Å². The molecule has 0 bridgehead atoms. The summed E-state index contributed by atoms with van der Waals surface area (Å²) in [5.74, 6) is 0.796. The molecule has 1 saturated carbocycles. The maximum absolute atomic E-state index is 13.2. The number of carbonyl (C=O) groups is 1. The molecule has 1 aliphatic carbocycles. The Morgan fingerprint density at radius 1 is 1.17 bits per heavy atom. The standard InChI is InChI=1S/C21H25F3N4O.ClH/c22-21(23,24)19-9-16(4-1-14(19)10-25)28-7-5-13(6-8-28)17-11-26-12-18(17)20(29)27-15-2-3-15;/h1,4,9,13,15,17-18,26H,2-3,5-8,11-12H2,(H,27,29);1H. The number of nitriles is 1. The minimum Gasteiger partial charge on any atom is -0.372 e. The zero-order chi connectivity index (χ0) is 20.6. The number of nitrogens with one attached hydrogen (secondary N) is 2. The molecule has 2 atom stereocenters. The van der Waals surface area contributed by atoms with Gasteiger partial charge in [0.05, 0.1) is 23.1 Å². The molecule has 2 N–H and O–H groups in total. The van der Waals surface area contributed by atoms with Crippen molar-refractivity contribution in [2.45, 2.75) is 37.9 Å². The van der Waals surface area contributed by atoms with Crippen LogP contribution in [-0.2, 0) is 11.0 Å². The van der Waals surface area contributed by atoms with Gasteiger partial charge < -0.3 is 15.5 Å². The van der Waals surface area contributed by atoms with Crippen molar-refractivity contribution in [3.05, 3.63) is 29.3 Å². The molecule has 1 amide bonds. The number of benzene rings is 1. The lowest BCUT2D eigenvalue weighted by atomic mass is 9.78. The first-order chi connectivity index (χ1) is 13.9. The molecule has 3 fully saturated rings. The van der Waals surface area contributed by atoms with Gasteiger partial charge in [-0.25, -0.2) is 0 Å². The summed E-state index contributed by atoms with van der Waals surface area (Å²) >= 11 is 0. The van der Waals surface area contributed by atoms with E-state index in [1.54, 1.807) is 12.1 Å². The predicted octanol–water partition coefficient (Wildman–Crippen LogP) is 3.33. The summed E-state index contributed by atoms with van der Waals surface area (Å²) in [6.45, 7) is 2.83. The third kappa shape index (κ3) is 4.84. The Balaban J connectivity index is 0.00000256. The summed E-state index contributed by atoms with van der Waals surface area (Å²) in [7, 11) is 0. The predicted molar refractivity (Wildman–Crippen MR) is 109 cm³/mol. The van der Waals surface area contributed by atoms with E-state index in [1.165, 1.54) is 6.07 Å². The zero-order valence-electron chi connectivity index (χ0n) is 16.5. The SMILES string of the molecule is Cl.N#Cc1ccc(N2CCC(C3CNCC3C(=O)NC3CC3)CC2)cc1C(F)(F)F. The highest BCUT2D eigenvalue weighted by Gasteiger charge is 2.41. The first-order valence-electron chi connectivity index (χ1n) is 10.2. The largest absolute Gasteiger partial charge is 0.417 e. The Hall–Kier alpha value is -1.98. The molecule has 2 heterocycles. The lowest BCUT2D eigenvalue weighted by Crippen LogP contribution is -2.42. The highest BCUT2D eigenvalue weighted by Crippen LogP contribution is 2.37. The molecule has 30 heavy (non-hydrogen) atoms. The van der Waals surface area contributed by atoms with Crippen molar-refractivity contribution in [2.75, 3.05) is 31.1 Å². The summed E-state index contributed by atoms with van der Waals surface area (Å²) in [4.78, 5) is 14.5. The molecule has 4 rings (SSSR count). The Morgan fingerprint density at radius 2 is 1.87 bits per heavy atom. The van der Waals surface area contributed by atoms with Gasteiger partial charge in [-0.3, -0.25) is 4.79 Å². The number of hydrogen-bond acceptors (Lipinski definition) is 4. The number of nitrogens with zero attached hydrogens (tertiary/aromatic N) is 2. The van der Waals surface area contributed by atoms with Crippen molar-refractivity contribution in [3.8, 4) is 6.07 Å². The molecule has 2 saturated heterocycles. The van der Waals surface area contributed by atoms with Crippen LogP contribution in [0, 0.1) is 29.1 Å². The number of rotatable bonds is 4. The highest BCUT2D eigenvalue weighted by molar-refractivity contribution is 5.85. The second-order valence-corrected chi connectivity index (χ2v) is 8.38. The Morgan fingerprint density at radius 3 is 2.47 bits per heavy atom. The number of amides is 1. The fourth-order valence-electron chi connectivity index (χ4n) is 4.66. The minimum absolute atomic E-state index is 0. The first kappa shape index (κ1) is 22.7. The van der Waals surface area contributed by atoms with Crippen molar-refractivity contribution < 1.29 is 18.0 Å². The van der Waals surface area contributed by atoms with E-state index in [0.29, 0.717) is 37.3 Å². The van der Waals surface area contributed by atoms with Crippen LogP contribution in [0.25, 0.3) is 0 Å². The zero-order valence-corrected chi connectivity index (χ0v) is 17.4. The summed E-state index contributed by atoms with van der Waals surface area (Å²) in [6, 6.07) is 5.91. The molecule has 164 valence electrons. The fourth-order valence-corrected chi connectivity index (χ4v) is 4.66. The van der Waals surface area contributed by atoms with Gasteiger partial charge in [0, 0.05) is 31.4 Å². The number of anilines is 1. The molecule has 1 aromatic rings. The molecule has 2 aliphatic heterocycles. The van der Waals surface area contributed by atoms with E-state index in [0.717, 1.165) is 38.3 Å². The van der Waals surface area contributed by atoms with E-state index in [-0.39, 0.29) is 35.7 Å². The molecule has 0 spiro atoms. The molecule has 5 nitrogen and oxygen atoms in total. The van der Waals surface area contributed by atoms with E-state index in [1.807, 2.05) is 4.90 Å². The lowest BCUT2D eigenvalue weighted by Gasteiger charge is -2.37. The summed E-state index contributed by atoms with van der Waals surface area (Å²) in [5.41, 5.74) is -0.726. The monoisotopic (exact) mass is 442 g/mol. The molecule has 0 aromatic heterocycles. The van der Waals surface area contributed by atoms with Gasteiger partial charge in [-0.1, -0.05) is 0 Å². The van der Waals surface area contributed by atoms with E-state index >= 15 is 0 Å². The quantitative estimate of drug-likeness (QED) is 0.750. The first-order valence-corrected chi connectivity index (χ1v) is 10.2. The number of piperidine rings is 1. The maximum atomic E-state index is 13.2. The Kier molecular flexibility index (Phi) is 6.83.